The van der Waals surface area contributed by atoms with Crippen molar-refractivity contribution in [2.45, 2.75) is 84.5 Å². The van der Waals surface area contributed by atoms with Crippen LogP contribution in [0.3, 0.4) is 0 Å². The van der Waals surface area contributed by atoms with E-state index in [0.717, 1.165) is 18.4 Å². The molecule has 0 N–H and O–H groups in total. The number of rotatable bonds is 4. The van der Waals surface area contributed by atoms with Gasteiger partial charge in [0.05, 0.1) is 17.7 Å². The Hall–Kier alpha value is -2.86. The maximum absolute atomic E-state index is 13.8. The highest BCUT2D eigenvalue weighted by Crippen LogP contribution is 2.69. The molecule has 6 heteroatoms. The maximum Gasteiger partial charge on any atom is 0.412 e. The zero-order valence-electron chi connectivity index (χ0n) is 22.1. The molecule has 1 heterocycles. The quantitative estimate of drug-likeness (QED) is 0.465. The summed E-state index contributed by atoms with van der Waals surface area (Å²) in [4.78, 5) is 28.8. The number of ether oxygens (including phenoxy) is 3. The summed E-state index contributed by atoms with van der Waals surface area (Å²) in [7, 11) is 0. The van der Waals surface area contributed by atoms with Gasteiger partial charge >= 0.3 is 12.1 Å². The largest absolute Gasteiger partial charge is 0.449 e. The third kappa shape index (κ3) is 3.90. The van der Waals surface area contributed by atoms with Crippen molar-refractivity contribution < 1.29 is 23.8 Å². The van der Waals surface area contributed by atoms with Crippen LogP contribution in [0.5, 0.6) is 0 Å². The minimum Gasteiger partial charge on any atom is -0.449 e. The van der Waals surface area contributed by atoms with Crippen LogP contribution in [0.25, 0.3) is 0 Å². The molecule has 0 radical (unpaired) electrons. The van der Waals surface area contributed by atoms with Gasteiger partial charge in [0.1, 0.15) is 5.60 Å². The molecule has 3 fully saturated rings. The molecular formula is C30H37NO5. The number of hydrogen-bond acceptors (Lipinski definition) is 5. The lowest BCUT2D eigenvalue weighted by Crippen LogP contribution is -2.54. The van der Waals surface area contributed by atoms with Gasteiger partial charge < -0.3 is 14.2 Å². The first-order valence-electron chi connectivity index (χ1n) is 12.9. The molecule has 5 rings (SSSR count). The fourth-order valence-corrected chi connectivity index (χ4v) is 6.71. The Labute approximate surface area is 213 Å². The van der Waals surface area contributed by atoms with E-state index in [1.165, 1.54) is 0 Å². The van der Waals surface area contributed by atoms with Crippen molar-refractivity contribution in [2.24, 2.45) is 16.7 Å². The number of esters is 1. The Kier molecular flexibility index (Phi) is 5.94. The highest BCUT2D eigenvalue weighted by atomic mass is 16.6. The molecule has 36 heavy (non-hydrogen) atoms. The van der Waals surface area contributed by atoms with E-state index in [-0.39, 0.29) is 23.0 Å². The minimum atomic E-state index is -0.803. The van der Waals surface area contributed by atoms with Crippen molar-refractivity contribution >= 4 is 12.1 Å². The molecule has 2 aromatic rings. The molecule has 0 unspecified atom stereocenters. The summed E-state index contributed by atoms with van der Waals surface area (Å²) in [6.45, 7) is 12.5. The summed E-state index contributed by atoms with van der Waals surface area (Å²) in [6.07, 6.45) is -0.0938. The molecule has 1 amide bonds. The standard InChI is InChI=1S/C30H37NO5/c1-28(2,3)36-27(33)31-24-23(21-17-18-30(24,6)29(21,4)5)34-25(31)22(19-13-9-7-10-14-19)35-26(32)20-15-11-8-12-16-20/h7-16,21-25H,17-18H2,1-6H3/t21-,22+,23-,24-,25+,30+/m1/s1. The molecular weight excluding hydrogens is 454 g/mol. The van der Waals surface area contributed by atoms with E-state index < -0.39 is 30.0 Å². The van der Waals surface area contributed by atoms with E-state index in [0.29, 0.717) is 11.5 Å². The third-order valence-corrected chi connectivity index (χ3v) is 8.84. The van der Waals surface area contributed by atoms with Gasteiger partial charge in [0.25, 0.3) is 0 Å². The smallest absolute Gasteiger partial charge is 0.412 e. The maximum atomic E-state index is 13.8. The van der Waals surface area contributed by atoms with Gasteiger partial charge in [0.15, 0.2) is 12.3 Å². The van der Waals surface area contributed by atoms with E-state index in [2.05, 4.69) is 20.8 Å². The molecule has 1 aliphatic heterocycles. The van der Waals surface area contributed by atoms with Gasteiger partial charge in [-0.25, -0.2) is 9.59 Å². The fourth-order valence-electron chi connectivity index (χ4n) is 6.71. The van der Waals surface area contributed by atoms with Crippen molar-refractivity contribution in [3.63, 3.8) is 0 Å². The molecule has 0 spiro atoms. The van der Waals surface area contributed by atoms with Crippen molar-refractivity contribution in [3.05, 3.63) is 71.8 Å². The Morgan fingerprint density at radius 3 is 2.22 bits per heavy atom. The molecule has 2 saturated carbocycles. The lowest BCUT2D eigenvalue weighted by molar-refractivity contribution is -0.111. The topological polar surface area (TPSA) is 65.1 Å². The lowest BCUT2D eigenvalue weighted by atomic mass is 9.69. The second-order valence-electron chi connectivity index (χ2n) is 12.2. The van der Waals surface area contributed by atoms with E-state index in [1.807, 2.05) is 57.2 Å². The molecule has 2 aliphatic carbocycles. The number of hydrogen-bond donors (Lipinski definition) is 0. The van der Waals surface area contributed by atoms with Crippen LogP contribution in [0.4, 0.5) is 4.79 Å². The Morgan fingerprint density at radius 1 is 1.00 bits per heavy atom. The monoisotopic (exact) mass is 491 g/mol. The summed E-state index contributed by atoms with van der Waals surface area (Å²) in [5.41, 5.74) is 0.428. The SMILES string of the molecule is CC(C)(C)OC(=O)N1[C@H]([C@@H](OC(=O)c2ccccc2)c2ccccc2)O[C@@H]2[C@H]3CC[C@@](C)([C@@H]21)C3(C)C. The second-order valence-corrected chi connectivity index (χ2v) is 12.2. The van der Waals surface area contributed by atoms with Gasteiger partial charge in [0.2, 0.25) is 0 Å². The van der Waals surface area contributed by atoms with Crippen molar-refractivity contribution in [1.29, 1.82) is 0 Å². The highest BCUT2D eigenvalue weighted by Gasteiger charge is 2.73. The Morgan fingerprint density at radius 2 is 1.61 bits per heavy atom. The summed E-state index contributed by atoms with van der Waals surface area (Å²) in [5, 5.41) is 0. The normalized spacial score (nSPS) is 31.1. The summed E-state index contributed by atoms with van der Waals surface area (Å²) >= 11 is 0. The van der Waals surface area contributed by atoms with Gasteiger partial charge in [-0.15, -0.1) is 0 Å². The lowest BCUT2D eigenvalue weighted by Gasteiger charge is -2.44. The molecule has 2 bridgehead atoms. The summed E-state index contributed by atoms with van der Waals surface area (Å²) in [5.74, 6) is -0.146. The number of carbonyl (C=O) groups excluding carboxylic acids is 2. The van der Waals surface area contributed by atoms with Crippen molar-refractivity contribution in [3.8, 4) is 0 Å². The molecule has 6 atom stereocenters. The van der Waals surface area contributed by atoms with Crippen LogP contribution in [0.15, 0.2) is 60.7 Å². The van der Waals surface area contributed by atoms with E-state index >= 15 is 0 Å². The number of fused-ring (bicyclic) bond motifs is 5. The second kappa shape index (κ2) is 8.62. The number of benzene rings is 2. The molecule has 192 valence electrons. The van der Waals surface area contributed by atoms with Crippen LogP contribution in [0, 0.1) is 16.7 Å². The third-order valence-electron chi connectivity index (χ3n) is 8.84. The first kappa shape index (κ1) is 24.8. The highest BCUT2D eigenvalue weighted by molar-refractivity contribution is 5.89. The van der Waals surface area contributed by atoms with Gasteiger partial charge in [-0.2, -0.15) is 0 Å². The van der Waals surface area contributed by atoms with Crippen LogP contribution in [-0.2, 0) is 14.2 Å². The van der Waals surface area contributed by atoms with Crippen molar-refractivity contribution in [2.75, 3.05) is 0 Å². The fraction of sp³-hybridized carbons (Fsp3) is 0.533. The average molecular weight is 492 g/mol. The first-order valence-corrected chi connectivity index (χ1v) is 12.9. The van der Waals surface area contributed by atoms with E-state index in [4.69, 9.17) is 14.2 Å². The molecule has 0 aromatic heterocycles. The van der Waals surface area contributed by atoms with Gasteiger partial charge in [-0.3, -0.25) is 4.90 Å². The summed E-state index contributed by atoms with van der Waals surface area (Å²) in [6, 6.07) is 18.3. The Balaban J connectivity index is 1.56. The zero-order valence-corrected chi connectivity index (χ0v) is 22.1. The predicted octanol–water partition coefficient (Wildman–Crippen LogP) is 6.37. The van der Waals surface area contributed by atoms with Crippen LogP contribution in [0.2, 0.25) is 0 Å². The molecule has 6 nitrogen and oxygen atoms in total. The van der Waals surface area contributed by atoms with Crippen LogP contribution >= 0.6 is 0 Å². The van der Waals surface area contributed by atoms with Crippen LogP contribution in [-0.4, -0.2) is 40.9 Å². The minimum absolute atomic E-state index is 0.0104. The van der Waals surface area contributed by atoms with E-state index in [9.17, 15) is 9.59 Å². The molecule has 3 aliphatic rings. The predicted molar refractivity (Wildman–Crippen MR) is 136 cm³/mol. The van der Waals surface area contributed by atoms with Gasteiger partial charge in [-0.1, -0.05) is 69.3 Å². The summed E-state index contributed by atoms with van der Waals surface area (Å²) < 4.78 is 18.8. The molecule has 2 aromatic carbocycles. The van der Waals surface area contributed by atoms with Gasteiger partial charge in [-0.05, 0) is 68.1 Å². The molecule has 1 saturated heterocycles. The Bertz CT molecular complexity index is 1130. The number of amides is 1. The number of carbonyl (C=O) groups is 2. The van der Waals surface area contributed by atoms with Crippen LogP contribution in [0.1, 0.15) is 76.4 Å². The van der Waals surface area contributed by atoms with Crippen molar-refractivity contribution in [1.82, 2.24) is 4.90 Å². The first-order chi connectivity index (χ1) is 16.9. The zero-order chi connectivity index (χ0) is 25.9. The van der Waals surface area contributed by atoms with Crippen LogP contribution < -0.4 is 0 Å². The average Bonchev–Trinajstić information content (AvgIpc) is 3.38. The van der Waals surface area contributed by atoms with E-state index in [1.54, 1.807) is 29.2 Å². The van der Waals surface area contributed by atoms with Gasteiger partial charge in [0, 0.05) is 0 Å². The number of nitrogens with zero attached hydrogens (tertiary/aromatic N) is 1.